The van der Waals surface area contributed by atoms with Crippen LogP contribution in [0.4, 0.5) is 0 Å². The Hall–Kier alpha value is 0.440. The fourth-order valence-corrected chi connectivity index (χ4v) is 5.98. The molecule has 2 atom stereocenters. The average molecular weight is 455 g/mol. The molecule has 0 aromatic carbocycles. The minimum Gasteiger partial charge on any atom is -0.376 e. The Bertz CT molecular complexity index is 492. The summed E-state index contributed by atoms with van der Waals surface area (Å²) in [5, 5.41) is 0. The third-order valence-corrected chi connectivity index (χ3v) is 8.28. The maximum absolute atomic E-state index is 12.9. The summed E-state index contributed by atoms with van der Waals surface area (Å²) in [6.07, 6.45) is 3.49. The predicted molar refractivity (Wildman–Crippen MR) is 95.5 cm³/mol. The van der Waals surface area contributed by atoms with Gasteiger partial charge in [-0.25, -0.2) is 0 Å². The van der Waals surface area contributed by atoms with E-state index in [1.165, 1.54) is 11.3 Å². The Balaban J connectivity index is 1.77. The van der Waals surface area contributed by atoms with Gasteiger partial charge in [-0.3, -0.25) is 4.79 Å². The molecule has 21 heavy (non-hydrogen) atoms. The van der Waals surface area contributed by atoms with Crippen LogP contribution >= 0.6 is 55.0 Å². The van der Waals surface area contributed by atoms with Gasteiger partial charge in [0, 0.05) is 29.4 Å². The van der Waals surface area contributed by atoms with E-state index in [-0.39, 0.29) is 12.0 Å². The first kappa shape index (κ1) is 16.3. The first-order valence-electron chi connectivity index (χ1n) is 7.10. The summed E-state index contributed by atoms with van der Waals surface area (Å²) in [4.78, 5) is 15.8. The zero-order valence-electron chi connectivity index (χ0n) is 11.5. The van der Waals surface area contributed by atoms with Crippen LogP contribution in [0.25, 0.3) is 0 Å². The molecule has 0 radical (unpaired) electrons. The zero-order valence-corrected chi connectivity index (χ0v) is 16.3. The fraction of sp³-hybridized carbons (Fsp3) is 0.643. The standard InChI is InChI=1S/C14H17Br2NO2S2/c15-11-6-12(21-13(11)16)14(18)17(9-3-5-20-8-9)7-10-2-1-4-19-10/h6,9-10H,1-5,7-8H2. The van der Waals surface area contributed by atoms with Gasteiger partial charge in [-0.2, -0.15) is 11.8 Å². The van der Waals surface area contributed by atoms with E-state index in [9.17, 15) is 4.79 Å². The second-order valence-electron chi connectivity index (χ2n) is 5.34. The lowest BCUT2D eigenvalue weighted by Crippen LogP contribution is -2.44. The summed E-state index contributed by atoms with van der Waals surface area (Å²) in [7, 11) is 0. The van der Waals surface area contributed by atoms with Crippen LogP contribution < -0.4 is 0 Å². The second kappa shape index (κ2) is 7.34. The van der Waals surface area contributed by atoms with Crippen LogP contribution in [-0.2, 0) is 4.74 Å². The van der Waals surface area contributed by atoms with Crippen LogP contribution in [0.1, 0.15) is 28.9 Å². The zero-order chi connectivity index (χ0) is 14.8. The molecule has 0 saturated carbocycles. The molecular formula is C14H17Br2NO2S2. The number of thioether (sulfide) groups is 1. The second-order valence-corrected chi connectivity index (χ2v) is 9.72. The Morgan fingerprint density at radius 1 is 1.43 bits per heavy atom. The van der Waals surface area contributed by atoms with Crippen LogP contribution in [0.3, 0.4) is 0 Å². The highest BCUT2D eigenvalue weighted by atomic mass is 79.9. The van der Waals surface area contributed by atoms with Crippen molar-refractivity contribution < 1.29 is 9.53 Å². The highest BCUT2D eigenvalue weighted by Gasteiger charge is 2.32. The molecule has 0 N–H and O–H groups in total. The van der Waals surface area contributed by atoms with Gasteiger partial charge in [-0.1, -0.05) is 0 Å². The molecule has 7 heteroatoms. The molecule has 3 rings (SSSR count). The molecule has 0 bridgehead atoms. The number of hydrogen-bond acceptors (Lipinski definition) is 4. The maximum Gasteiger partial charge on any atom is 0.264 e. The summed E-state index contributed by atoms with van der Waals surface area (Å²) in [5.41, 5.74) is 0. The number of rotatable bonds is 4. The minimum absolute atomic E-state index is 0.148. The average Bonchev–Trinajstić information content (AvgIpc) is 3.19. The number of carbonyl (C=O) groups excluding carboxylic acids is 1. The van der Waals surface area contributed by atoms with E-state index in [1.807, 2.05) is 17.8 Å². The molecule has 2 unspecified atom stereocenters. The lowest BCUT2D eigenvalue weighted by Gasteiger charge is -2.30. The third-order valence-electron chi connectivity index (χ3n) is 3.89. The van der Waals surface area contributed by atoms with Gasteiger partial charge in [0.15, 0.2) is 0 Å². The summed E-state index contributed by atoms with van der Waals surface area (Å²) in [6, 6.07) is 2.27. The van der Waals surface area contributed by atoms with Gasteiger partial charge in [-0.05, 0) is 62.9 Å². The molecule has 2 aliphatic heterocycles. The molecule has 116 valence electrons. The highest BCUT2D eigenvalue weighted by molar-refractivity contribution is 9.13. The van der Waals surface area contributed by atoms with Crippen molar-refractivity contribution in [2.75, 3.05) is 24.7 Å². The van der Waals surface area contributed by atoms with Crippen molar-refractivity contribution >= 4 is 60.9 Å². The normalized spacial score (nSPS) is 25.4. The van der Waals surface area contributed by atoms with E-state index >= 15 is 0 Å². The largest absolute Gasteiger partial charge is 0.376 e. The molecule has 2 aliphatic rings. The number of hydrogen-bond donors (Lipinski definition) is 0. The minimum atomic E-state index is 0.148. The Labute approximate surface area is 150 Å². The molecule has 1 aromatic rings. The van der Waals surface area contributed by atoms with Crippen molar-refractivity contribution in [2.45, 2.75) is 31.4 Å². The van der Waals surface area contributed by atoms with E-state index in [4.69, 9.17) is 4.74 Å². The molecule has 1 amide bonds. The summed E-state index contributed by atoms with van der Waals surface area (Å²) >= 11 is 10.4. The quantitative estimate of drug-likeness (QED) is 0.675. The van der Waals surface area contributed by atoms with Gasteiger partial charge in [0.1, 0.15) is 0 Å². The Morgan fingerprint density at radius 2 is 2.29 bits per heavy atom. The molecule has 2 fully saturated rings. The van der Waals surface area contributed by atoms with Gasteiger partial charge in [0.2, 0.25) is 0 Å². The first-order valence-corrected chi connectivity index (χ1v) is 10.7. The number of halogens is 2. The van der Waals surface area contributed by atoms with Crippen LogP contribution in [0.15, 0.2) is 14.3 Å². The van der Waals surface area contributed by atoms with Crippen molar-refractivity contribution in [3.63, 3.8) is 0 Å². The molecule has 3 heterocycles. The predicted octanol–water partition coefficient (Wildman–Crippen LogP) is 4.40. The SMILES string of the molecule is O=C(c1cc(Br)c(Br)s1)N(CC1CCCO1)C1CCSC1. The van der Waals surface area contributed by atoms with E-state index in [0.717, 1.165) is 57.1 Å². The van der Waals surface area contributed by atoms with Gasteiger partial charge < -0.3 is 9.64 Å². The van der Waals surface area contributed by atoms with Crippen molar-refractivity contribution in [1.29, 1.82) is 0 Å². The lowest BCUT2D eigenvalue weighted by atomic mass is 10.1. The Morgan fingerprint density at radius 3 is 2.86 bits per heavy atom. The molecule has 1 aromatic heterocycles. The van der Waals surface area contributed by atoms with Crippen molar-refractivity contribution in [3.05, 3.63) is 19.2 Å². The molecule has 2 saturated heterocycles. The molecule has 3 nitrogen and oxygen atoms in total. The van der Waals surface area contributed by atoms with Gasteiger partial charge >= 0.3 is 0 Å². The van der Waals surface area contributed by atoms with E-state index < -0.39 is 0 Å². The summed E-state index contributed by atoms with van der Waals surface area (Å²) in [5.74, 6) is 2.35. The van der Waals surface area contributed by atoms with E-state index in [0.29, 0.717) is 6.04 Å². The highest BCUT2D eigenvalue weighted by Crippen LogP contribution is 2.34. The number of carbonyl (C=O) groups is 1. The monoisotopic (exact) mass is 453 g/mol. The Kier molecular flexibility index (Phi) is 5.70. The number of nitrogens with zero attached hydrogens (tertiary/aromatic N) is 1. The smallest absolute Gasteiger partial charge is 0.264 e. The number of thiophene rings is 1. The van der Waals surface area contributed by atoms with Crippen molar-refractivity contribution in [1.82, 2.24) is 4.90 Å². The number of amides is 1. The molecule has 0 spiro atoms. The first-order chi connectivity index (χ1) is 10.1. The summed E-state index contributed by atoms with van der Waals surface area (Å²) < 4.78 is 7.67. The van der Waals surface area contributed by atoms with Crippen LogP contribution in [0, 0.1) is 0 Å². The third kappa shape index (κ3) is 3.86. The van der Waals surface area contributed by atoms with Crippen molar-refractivity contribution in [3.8, 4) is 0 Å². The van der Waals surface area contributed by atoms with Crippen molar-refractivity contribution in [2.24, 2.45) is 0 Å². The van der Waals surface area contributed by atoms with Crippen LogP contribution in [0.2, 0.25) is 0 Å². The van der Waals surface area contributed by atoms with Gasteiger partial charge in [0.05, 0.1) is 14.8 Å². The maximum atomic E-state index is 12.9. The van der Waals surface area contributed by atoms with Gasteiger partial charge in [-0.15, -0.1) is 11.3 Å². The van der Waals surface area contributed by atoms with E-state index in [1.54, 1.807) is 0 Å². The summed E-state index contributed by atoms with van der Waals surface area (Å²) in [6.45, 7) is 1.57. The van der Waals surface area contributed by atoms with Crippen LogP contribution in [0.5, 0.6) is 0 Å². The van der Waals surface area contributed by atoms with Gasteiger partial charge in [0.25, 0.3) is 5.91 Å². The number of ether oxygens (including phenoxy) is 1. The van der Waals surface area contributed by atoms with Crippen LogP contribution in [-0.4, -0.2) is 47.6 Å². The fourth-order valence-electron chi connectivity index (χ4n) is 2.77. The van der Waals surface area contributed by atoms with E-state index in [2.05, 4.69) is 36.8 Å². The lowest BCUT2D eigenvalue weighted by molar-refractivity contribution is 0.0445. The molecule has 0 aliphatic carbocycles. The molecular weight excluding hydrogens is 438 g/mol. The topological polar surface area (TPSA) is 29.5 Å².